The molecule has 1 fully saturated rings. The van der Waals surface area contributed by atoms with Gasteiger partial charge in [-0.3, -0.25) is 0 Å². The quantitative estimate of drug-likeness (QED) is 0.930. The highest BCUT2D eigenvalue weighted by molar-refractivity contribution is 6.32. The molecule has 1 aliphatic rings. The number of halogens is 1. The summed E-state index contributed by atoms with van der Waals surface area (Å²) in [7, 11) is 2.08. The lowest BCUT2D eigenvalue weighted by Crippen LogP contribution is -2.21. The molecule has 7 heteroatoms. The molecule has 2 aromatic rings. The summed E-state index contributed by atoms with van der Waals surface area (Å²) in [4.78, 5) is 6.41. The minimum Gasteiger partial charge on any atom is -0.487 e. The van der Waals surface area contributed by atoms with E-state index in [1.807, 2.05) is 12.1 Å². The summed E-state index contributed by atoms with van der Waals surface area (Å²) in [5.74, 6) is 1.56. The monoisotopic (exact) mass is 308 g/mol. The van der Waals surface area contributed by atoms with E-state index in [0.29, 0.717) is 22.5 Å². The third kappa shape index (κ3) is 3.18. The van der Waals surface area contributed by atoms with E-state index in [2.05, 4.69) is 22.1 Å². The highest BCUT2D eigenvalue weighted by Crippen LogP contribution is 2.31. The molecule has 1 unspecified atom stereocenters. The standard InChI is InChI=1S/C14H17ClN4O2/c1-19-5-4-10(8-19)20-12-3-2-9(6-11(12)15)14-17-13(7-16)21-18-14/h2-3,6,10H,4-5,7-8,16H2,1H3. The zero-order valence-corrected chi connectivity index (χ0v) is 12.5. The summed E-state index contributed by atoms with van der Waals surface area (Å²) in [5.41, 5.74) is 6.23. The van der Waals surface area contributed by atoms with E-state index in [-0.39, 0.29) is 12.6 Å². The smallest absolute Gasteiger partial charge is 0.240 e. The van der Waals surface area contributed by atoms with Crippen molar-refractivity contribution in [2.45, 2.75) is 19.1 Å². The third-order valence-corrected chi connectivity index (χ3v) is 3.77. The summed E-state index contributed by atoms with van der Waals surface area (Å²) < 4.78 is 10.9. The molecule has 0 amide bonds. The van der Waals surface area contributed by atoms with Crippen LogP contribution in [0.2, 0.25) is 5.02 Å². The lowest BCUT2D eigenvalue weighted by molar-refractivity contribution is 0.208. The number of likely N-dealkylation sites (tertiary alicyclic amines) is 1. The van der Waals surface area contributed by atoms with Crippen LogP contribution in [-0.4, -0.2) is 41.3 Å². The minimum absolute atomic E-state index is 0.187. The van der Waals surface area contributed by atoms with E-state index in [4.69, 9.17) is 26.6 Å². The van der Waals surface area contributed by atoms with Crippen LogP contribution in [0.15, 0.2) is 22.7 Å². The number of ether oxygens (including phenoxy) is 1. The Morgan fingerprint density at radius 3 is 3.00 bits per heavy atom. The van der Waals surface area contributed by atoms with Crippen molar-refractivity contribution in [3.63, 3.8) is 0 Å². The average Bonchev–Trinajstić information content (AvgIpc) is 3.10. The van der Waals surface area contributed by atoms with Crippen molar-refractivity contribution >= 4 is 11.6 Å². The van der Waals surface area contributed by atoms with E-state index in [1.165, 1.54) is 0 Å². The molecule has 2 N–H and O–H groups in total. The normalized spacial score (nSPS) is 19.1. The van der Waals surface area contributed by atoms with Crippen molar-refractivity contribution in [1.29, 1.82) is 0 Å². The number of nitrogens with zero attached hydrogens (tertiary/aromatic N) is 3. The maximum atomic E-state index is 6.29. The van der Waals surface area contributed by atoms with Crippen molar-refractivity contribution in [1.82, 2.24) is 15.0 Å². The minimum atomic E-state index is 0.187. The molecule has 2 heterocycles. The summed E-state index contributed by atoms with van der Waals surface area (Å²) in [6.45, 7) is 2.19. The summed E-state index contributed by atoms with van der Waals surface area (Å²) in [6, 6.07) is 5.49. The fourth-order valence-corrected chi connectivity index (χ4v) is 2.59. The zero-order valence-electron chi connectivity index (χ0n) is 11.8. The van der Waals surface area contributed by atoms with Crippen molar-refractivity contribution in [3.8, 4) is 17.1 Å². The molecule has 0 spiro atoms. The Hall–Kier alpha value is -1.63. The van der Waals surface area contributed by atoms with Crippen LogP contribution in [0.25, 0.3) is 11.4 Å². The van der Waals surface area contributed by atoms with Gasteiger partial charge in [0, 0.05) is 18.7 Å². The molecule has 3 rings (SSSR count). The Kier molecular flexibility index (Phi) is 4.10. The van der Waals surface area contributed by atoms with E-state index in [0.717, 1.165) is 25.1 Å². The largest absolute Gasteiger partial charge is 0.487 e. The number of hydrogen-bond acceptors (Lipinski definition) is 6. The Labute approximate surface area is 127 Å². The highest BCUT2D eigenvalue weighted by Gasteiger charge is 2.22. The number of nitrogens with two attached hydrogens (primary N) is 1. The number of hydrogen-bond donors (Lipinski definition) is 1. The van der Waals surface area contributed by atoms with Crippen LogP contribution in [0, 0.1) is 0 Å². The van der Waals surface area contributed by atoms with Gasteiger partial charge in [-0.25, -0.2) is 0 Å². The van der Waals surface area contributed by atoms with Gasteiger partial charge < -0.3 is 19.9 Å². The molecule has 21 heavy (non-hydrogen) atoms. The van der Waals surface area contributed by atoms with Gasteiger partial charge in [-0.05, 0) is 31.7 Å². The summed E-state index contributed by atoms with van der Waals surface area (Å²) in [5, 5.41) is 4.41. The molecule has 0 radical (unpaired) electrons. The van der Waals surface area contributed by atoms with E-state index < -0.39 is 0 Å². The number of aromatic nitrogens is 2. The molecular weight excluding hydrogens is 292 g/mol. The third-order valence-electron chi connectivity index (χ3n) is 3.47. The molecule has 0 saturated carbocycles. The first-order valence-electron chi connectivity index (χ1n) is 6.83. The zero-order chi connectivity index (χ0) is 14.8. The van der Waals surface area contributed by atoms with E-state index in [9.17, 15) is 0 Å². The molecule has 112 valence electrons. The second-order valence-electron chi connectivity index (χ2n) is 5.15. The fourth-order valence-electron chi connectivity index (χ4n) is 2.36. The maximum Gasteiger partial charge on any atom is 0.240 e. The molecule has 1 saturated heterocycles. The average molecular weight is 309 g/mol. The van der Waals surface area contributed by atoms with Crippen molar-refractivity contribution in [2.24, 2.45) is 5.73 Å². The molecule has 1 aliphatic heterocycles. The first-order chi connectivity index (χ1) is 10.2. The van der Waals surface area contributed by atoms with Gasteiger partial charge in [0.2, 0.25) is 11.7 Å². The van der Waals surface area contributed by atoms with Gasteiger partial charge in [0.15, 0.2) is 0 Å². The van der Waals surface area contributed by atoms with Crippen LogP contribution in [0.5, 0.6) is 5.75 Å². The van der Waals surface area contributed by atoms with Crippen molar-refractivity contribution in [2.75, 3.05) is 20.1 Å². The van der Waals surface area contributed by atoms with Crippen molar-refractivity contribution in [3.05, 3.63) is 29.1 Å². The van der Waals surface area contributed by atoms with Crippen LogP contribution < -0.4 is 10.5 Å². The van der Waals surface area contributed by atoms with Crippen LogP contribution in [0.4, 0.5) is 0 Å². The number of rotatable bonds is 4. The Morgan fingerprint density at radius 2 is 2.38 bits per heavy atom. The second-order valence-corrected chi connectivity index (χ2v) is 5.56. The molecular formula is C14H17ClN4O2. The SMILES string of the molecule is CN1CCC(Oc2ccc(-c3noc(CN)n3)cc2Cl)C1. The van der Waals surface area contributed by atoms with Gasteiger partial charge in [0.05, 0.1) is 11.6 Å². The van der Waals surface area contributed by atoms with Gasteiger partial charge >= 0.3 is 0 Å². The number of likely N-dealkylation sites (N-methyl/N-ethyl adjacent to an activating group) is 1. The maximum absolute atomic E-state index is 6.29. The Morgan fingerprint density at radius 1 is 1.52 bits per heavy atom. The van der Waals surface area contributed by atoms with Gasteiger partial charge in [-0.1, -0.05) is 16.8 Å². The first-order valence-corrected chi connectivity index (χ1v) is 7.21. The predicted molar refractivity (Wildman–Crippen MR) is 79.2 cm³/mol. The molecule has 1 aromatic heterocycles. The van der Waals surface area contributed by atoms with Crippen LogP contribution in [-0.2, 0) is 6.54 Å². The molecule has 1 aromatic carbocycles. The first kappa shape index (κ1) is 14.3. The second kappa shape index (κ2) is 6.01. The molecule has 0 aliphatic carbocycles. The van der Waals surface area contributed by atoms with E-state index >= 15 is 0 Å². The van der Waals surface area contributed by atoms with Gasteiger partial charge in [0.25, 0.3) is 0 Å². The number of benzene rings is 1. The molecule has 0 bridgehead atoms. The Balaban J connectivity index is 1.76. The van der Waals surface area contributed by atoms with Crippen LogP contribution in [0.3, 0.4) is 0 Å². The van der Waals surface area contributed by atoms with E-state index in [1.54, 1.807) is 6.07 Å². The summed E-state index contributed by atoms with van der Waals surface area (Å²) >= 11 is 6.29. The molecule has 6 nitrogen and oxygen atoms in total. The molecule has 1 atom stereocenters. The lowest BCUT2D eigenvalue weighted by atomic mass is 10.2. The van der Waals surface area contributed by atoms with Gasteiger partial charge in [-0.15, -0.1) is 0 Å². The van der Waals surface area contributed by atoms with Gasteiger partial charge in [0.1, 0.15) is 11.9 Å². The van der Waals surface area contributed by atoms with Crippen LogP contribution >= 0.6 is 11.6 Å². The lowest BCUT2D eigenvalue weighted by Gasteiger charge is -2.15. The fraction of sp³-hybridized carbons (Fsp3) is 0.429. The summed E-state index contributed by atoms with van der Waals surface area (Å²) in [6.07, 6.45) is 1.20. The highest BCUT2D eigenvalue weighted by atomic mass is 35.5. The topological polar surface area (TPSA) is 77.4 Å². The van der Waals surface area contributed by atoms with Gasteiger partial charge in [-0.2, -0.15) is 4.98 Å². The van der Waals surface area contributed by atoms with Crippen LogP contribution in [0.1, 0.15) is 12.3 Å². The van der Waals surface area contributed by atoms with Crippen molar-refractivity contribution < 1.29 is 9.26 Å². The predicted octanol–water partition coefficient (Wildman–Crippen LogP) is 1.93. The Bertz CT molecular complexity index is 631.